The number of rotatable bonds is 9. The molecule has 0 unspecified atom stereocenters. The molecule has 8 nitrogen and oxygen atoms in total. The average molecular weight is 497 g/mol. The third-order valence-electron chi connectivity index (χ3n) is 6.17. The van der Waals surface area contributed by atoms with E-state index in [0.29, 0.717) is 34.6 Å². The number of methoxy groups -OCH3 is 2. The molecule has 0 bridgehead atoms. The highest BCUT2D eigenvalue weighted by molar-refractivity contribution is 6.77. The largest absolute Gasteiger partial charge is 0.463 e. The van der Waals surface area contributed by atoms with E-state index in [-0.39, 0.29) is 18.1 Å². The van der Waals surface area contributed by atoms with Gasteiger partial charge in [-0.25, -0.2) is 9.59 Å². The average Bonchev–Trinajstić information content (AvgIpc) is 3.34. The topological polar surface area (TPSA) is 108 Å². The zero-order chi connectivity index (χ0) is 26.2. The van der Waals surface area contributed by atoms with Gasteiger partial charge in [0.1, 0.15) is 11.5 Å². The van der Waals surface area contributed by atoms with Crippen molar-refractivity contribution >= 4 is 20.3 Å². The van der Waals surface area contributed by atoms with E-state index in [1.165, 1.54) is 20.3 Å². The van der Waals surface area contributed by atoms with Gasteiger partial charge in [-0.3, -0.25) is 0 Å². The number of ether oxygens (including phenoxy) is 2. The van der Waals surface area contributed by atoms with Crippen LogP contribution in [0.25, 0.3) is 0 Å². The van der Waals surface area contributed by atoms with E-state index in [9.17, 15) is 9.59 Å². The molecule has 34 heavy (non-hydrogen) atoms. The molecule has 0 aliphatic carbocycles. The molecule has 9 heteroatoms. The van der Waals surface area contributed by atoms with E-state index < -0.39 is 20.3 Å². The maximum Gasteiger partial charge on any atom is 0.373 e. The maximum absolute atomic E-state index is 11.6. The summed E-state index contributed by atoms with van der Waals surface area (Å²) < 4.78 is 26.2. The fourth-order valence-corrected chi connectivity index (χ4v) is 9.85. The highest BCUT2D eigenvalue weighted by atomic mass is 28.4. The molecular weight excluding hydrogens is 456 g/mol. The molecule has 0 spiro atoms. The Kier molecular flexibility index (Phi) is 11.3. The standard InChI is InChI=1S/C17H30O4Si.C8H10O4/c1-11(2)22(12(3)4,13(5)6)20-10-15-9-16(17(18)19-8)21-14(15)7;1-5-6(4-9)3-7(12-5)8(10)11-2/h9,11-13H,10H2,1-8H3;3,9H,4H2,1-2H3. The van der Waals surface area contributed by atoms with Gasteiger partial charge >= 0.3 is 11.9 Å². The lowest BCUT2D eigenvalue weighted by Crippen LogP contribution is -2.47. The lowest BCUT2D eigenvalue weighted by atomic mass is 10.2. The summed E-state index contributed by atoms with van der Waals surface area (Å²) in [5.74, 6) is 0.647. The predicted molar refractivity (Wildman–Crippen MR) is 131 cm³/mol. The molecule has 0 saturated carbocycles. The Morgan fingerprint density at radius 3 is 1.53 bits per heavy atom. The van der Waals surface area contributed by atoms with Crippen molar-refractivity contribution in [1.82, 2.24) is 0 Å². The van der Waals surface area contributed by atoms with Crippen molar-refractivity contribution in [3.05, 3.63) is 46.3 Å². The van der Waals surface area contributed by atoms with Gasteiger partial charge in [0, 0.05) is 11.1 Å². The number of esters is 2. The zero-order valence-corrected chi connectivity index (χ0v) is 23.1. The van der Waals surface area contributed by atoms with Gasteiger partial charge in [-0.15, -0.1) is 0 Å². The third kappa shape index (κ3) is 6.83. The van der Waals surface area contributed by atoms with Crippen LogP contribution < -0.4 is 0 Å². The minimum atomic E-state index is -1.92. The van der Waals surface area contributed by atoms with Crippen molar-refractivity contribution in [3.63, 3.8) is 0 Å². The SMILES string of the molecule is COC(=O)c1cc(CO)c(C)o1.COC(=O)c1cc(CO[Si](C(C)C)(C(C)C)C(C)C)c(C)o1. The summed E-state index contributed by atoms with van der Waals surface area (Å²) in [7, 11) is 0.711. The summed E-state index contributed by atoms with van der Waals surface area (Å²) in [6, 6.07) is 3.21. The normalized spacial score (nSPS) is 11.6. The number of aliphatic hydroxyl groups excluding tert-OH is 1. The molecular formula is C25H40O8Si. The van der Waals surface area contributed by atoms with Gasteiger partial charge in [-0.1, -0.05) is 41.5 Å². The van der Waals surface area contributed by atoms with Gasteiger partial charge in [0.05, 0.1) is 27.4 Å². The van der Waals surface area contributed by atoms with Gasteiger partial charge < -0.3 is 27.8 Å². The van der Waals surface area contributed by atoms with Crippen molar-refractivity contribution in [2.24, 2.45) is 0 Å². The summed E-state index contributed by atoms with van der Waals surface area (Å²) in [6.07, 6.45) is 0. The highest BCUT2D eigenvalue weighted by Crippen LogP contribution is 2.43. The lowest BCUT2D eigenvalue weighted by Gasteiger charge is -2.42. The van der Waals surface area contributed by atoms with E-state index in [2.05, 4.69) is 46.3 Å². The Balaban J connectivity index is 0.000000404. The van der Waals surface area contributed by atoms with Gasteiger partial charge in [0.15, 0.2) is 0 Å². The number of aryl methyl sites for hydroxylation is 2. The number of carbonyl (C=O) groups excluding carboxylic acids is 2. The first-order chi connectivity index (χ1) is 15.8. The maximum atomic E-state index is 11.6. The van der Waals surface area contributed by atoms with E-state index in [1.54, 1.807) is 13.0 Å². The van der Waals surface area contributed by atoms with Crippen LogP contribution in [0.2, 0.25) is 16.6 Å². The molecule has 0 aliphatic heterocycles. The number of aliphatic hydroxyl groups is 1. The van der Waals surface area contributed by atoms with Crippen LogP contribution in [-0.2, 0) is 27.1 Å². The molecule has 0 radical (unpaired) electrons. The minimum absolute atomic E-state index is 0.124. The Bertz CT molecular complexity index is 917. The van der Waals surface area contributed by atoms with E-state index in [0.717, 1.165) is 11.3 Å². The van der Waals surface area contributed by atoms with Crippen molar-refractivity contribution in [2.45, 2.75) is 85.2 Å². The summed E-state index contributed by atoms with van der Waals surface area (Å²) in [5.41, 5.74) is 3.12. The Morgan fingerprint density at radius 2 is 1.21 bits per heavy atom. The van der Waals surface area contributed by atoms with E-state index in [1.807, 2.05) is 6.92 Å². The van der Waals surface area contributed by atoms with Crippen molar-refractivity contribution in [3.8, 4) is 0 Å². The third-order valence-corrected chi connectivity index (χ3v) is 12.2. The zero-order valence-electron chi connectivity index (χ0n) is 22.1. The van der Waals surface area contributed by atoms with Crippen LogP contribution in [0.5, 0.6) is 0 Å². The van der Waals surface area contributed by atoms with Crippen molar-refractivity contribution < 1.29 is 37.4 Å². The molecule has 0 fully saturated rings. The van der Waals surface area contributed by atoms with E-state index >= 15 is 0 Å². The van der Waals surface area contributed by atoms with Crippen LogP contribution in [0.1, 0.15) is 85.3 Å². The number of hydrogen-bond donors (Lipinski definition) is 1. The molecule has 1 N–H and O–H groups in total. The first kappa shape index (κ1) is 29.7. The monoisotopic (exact) mass is 496 g/mol. The molecule has 0 aromatic carbocycles. The fraction of sp³-hybridized carbons (Fsp3) is 0.600. The quantitative estimate of drug-likeness (QED) is 0.336. The first-order valence-electron chi connectivity index (χ1n) is 11.5. The number of hydrogen-bond acceptors (Lipinski definition) is 8. The molecule has 2 aromatic heterocycles. The summed E-state index contributed by atoms with van der Waals surface area (Å²) in [6.45, 7) is 17.4. The molecule has 0 aliphatic rings. The van der Waals surface area contributed by atoms with Crippen LogP contribution in [0, 0.1) is 13.8 Å². The second-order valence-corrected chi connectivity index (χ2v) is 14.6. The smallest absolute Gasteiger partial charge is 0.373 e. The second kappa shape index (κ2) is 12.9. The molecule has 2 rings (SSSR count). The molecule has 2 aromatic rings. The number of furan rings is 2. The summed E-state index contributed by atoms with van der Waals surface area (Å²) in [5, 5.41) is 8.77. The molecule has 0 saturated heterocycles. The van der Waals surface area contributed by atoms with Gasteiger partial charge in [0.25, 0.3) is 0 Å². The first-order valence-corrected chi connectivity index (χ1v) is 13.6. The van der Waals surface area contributed by atoms with Crippen molar-refractivity contribution in [1.29, 1.82) is 0 Å². The molecule has 192 valence electrons. The Labute approximate surface area is 203 Å². The number of carbonyl (C=O) groups is 2. The van der Waals surface area contributed by atoms with Crippen LogP contribution in [0.15, 0.2) is 21.0 Å². The highest BCUT2D eigenvalue weighted by Gasteiger charge is 2.45. The van der Waals surface area contributed by atoms with Gasteiger partial charge in [-0.05, 0) is 42.6 Å². The van der Waals surface area contributed by atoms with E-state index in [4.69, 9.17) is 23.1 Å². The second-order valence-electron chi connectivity index (χ2n) is 9.13. The fourth-order valence-electron chi connectivity index (χ4n) is 4.45. The Hall–Kier alpha value is -2.36. The molecule has 0 atom stereocenters. The van der Waals surface area contributed by atoms with Gasteiger partial charge in [0.2, 0.25) is 19.8 Å². The van der Waals surface area contributed by atoms with Crippen LogP contribution in [-0.4, -0.2) is 39.6 Å². The van der Waals surface area contributed by atoms with Gasteiger partial charge in [-0.2, -0.15) is 0 Å². The minimum Gasteiger partial charge on any atom is -0.463 e. The lowest BCUT2D eigenvalue weighted by molar-refractivity contribution is 0.0556. The summed E-state index contributed by atoms with van der Waals surface area (Å²) in [4.78, 5) is 22.5. The van der Waals surface area contributed by atoms with Crippen LogP contribution in [0.3, 0.4) is 0 Å². The predicted octanol–water partition coefficient (Wildman–Crippen LogP) is 5.93. The summed E-state index contributed by atoms with van der Waals surface area (Å²) >= 11 is 0. The van der Waals surface area contributed by atoms with Crippen LogP contribution >= 0.6 is 0 Å². The van der Waals surface area contributed by atoms with Crippen LogP contribution in [0.4, 0.5) is 0 Å². The Morgan fingerprint density at radius 1 is 0.824 bits per heavy atom. The molecule has 2 heterocycles. The van der Waals surface area contributed by atoms with Crippen molar-refractivity contribution in [2.75, 3.05) is 14.2 Å². The molecule has 0 amide bonds.